The molecule has 0 amide bonds. The van der Waals surface area contributed by atoms with Gasteiger partial charge in [0.2, 0.25) is 0 Å². The Balaban J connectivity index is 0.000000796. The number of hydrogen-bond donors (Lipinski definition) is 3. The van der Waals surface area contributed by atoms with Crippen molar-refractivity contribution in [3.05, 3.63) is 29.3 Å². The van der Waals surface area contributed by atoms with Gasteiger partial charge < -0.3 is 9.79 Å². The van der Waals surface area contributed by atoms with E-state index in [2.05, 4.69) is 13.8 Å². The van der Waals surface area contributed by atoms with Crippen molar-refractivity contribution < 1.29 is 27.3 Å². The summed E-state index contributed by atoms with van der Waals surface area (Å²) >= 11 is 0. The summed E-state index contributed by atoms with van der Waals surface area (Å²) in [6.07, 6.45) is 1.92. The van der Waals surface area contributed by atoms with E-state index in [0.29, 0.717) is 5.56 Å². The Morgan fingerprint density at radius 2 is 1.65 bits per heavy atom. The number of unbranched alkanes of at least 4 members (excludes halogenated alkanes) is 1. The molecule has 0 radical (unpaired) electrons. The smallest absolute Gasteiger partial charge is 0.324 e. The fourth-order valence-electron chi connectivity index (χ4n) is 1.31. The molecule has 0 aromatic heterocycles. The molecular formula is C12H21O6PS. The Hall–Kier alpha value is -0.720. The van der Waals surface area contributed by atoms with Crippen molar-refractivity contribution in [1.82, 2.24) is 0 Å². The molecule has 0 fully saturated rings. The molecule has 0 saturated heterocycles. The highest BCUT2D eigenvalue weighted by Gasteiger charge is 2.22. The first-order chi connectivity index (χ1) is 9.01. The van der Waals surface area contributed by atoms with Crippen molar-refractivity contribution >= 4 is 17.7 Å². The predicted octanol–water partition coefficient (Wildman–Crippen LogP) is 2.73. The summed E-state index contributed by atoms with van der Waals surface area (Å²) in [7, 11) is -8.85. The van der Waals surface area contributed by atoms with Crippen LogP contribution in [0.2, 0.25) is 0 Å². The number of benzene rings is 1. The van der Waals surface area contributed by atoms with Crippen molar-refractivity contribution in [3.8, 4) is 0 Å². The van der Waals surface area contributed by atoms with E-state index < -0.39 is 28.8 Å². The quantitative estimate of drug-likeness (QED) is 0.580. The van der Waals surface area contributed by atoms with Crippen LogP contribution in [0, 0.1) is 6.92 Å². The highest BCUT2D eigenvalue weighted by molar-refractivity contribution is 7.86. The Kier molecular flexibility index (Phi) is 7.62. The van der Waals surface area contributed by atoms with Gasteiger partial charge in [-0.2, -0.15) is 8.42 Å². The lowest BCUT2D eigenvalue weighted by Gasteiger charge is -2.09. The molecule has 0 saturated carbocycles. The molecule has 20 heavy (non-hydrogen) atoms. The maximum absolute atomic E-state index is 11.0. The van der Waals surface area contributed by atoms with Crippen molar-refractivity contribution in [3.63, 3.8) is 0 Å². The molecule has 0 aliphatic rings. The van der Waals surface area contributed by atoms with E-state index in [-0.39, 0.29) is 5.56 Å². The van der Waals surface area contributed by atoms with Gasteiger partial charge in [0, 0.05) is 0 Å². The zero-order valence-electron chi connectivity index (χ0n) is 11.8. The first kappa shape index (κ1) is 19.3. The Morgan fingerprint density at radius 3 is 2.00 bits per heavy atom. The van der Waals surface area contributed by atoms with Crippen molar-refractivity contribution in [2.24, 2.45) is 0 Å². The van der Waals surface area contributed by atoms with Crippen LogP contribution in [-0.4, -0.2) is 22.8 Å². The molecule has 0 spiro atoms. The average molecular weight is 324 g/mol. The van der Waals surface area contributed by atoms with Crippen LogP contribution in [0.25, 0.3) is 0 Å². The minimum atomic E-state index is -4.47. The van der Waals surface area contributed by atoms with E-state index in [9.17, 15) is 13.0 Å². The molecule has 3 N–H and O–H groups in total. The van der Waals surface area contributed by atoms with E-state index in [0.717, 1.165) is 6.07 Å². The molecule has 8 heteroatoms. The maximum Gasteiger partial charge on any atom is 0.329 e. The van der Waals surface area contributed by atoms with Gasteiger partial charge in [0.25, 0.3) is 10.1 Å². The molecule has 0 atom stereocenters. The second kappa shape index (κ2) is 7.90. The van der Waals surface area contributed by atoms with Crippen LogP contribution in [0.4, 0.5) is 0 Å². The zero-order valence-corrected chi connectivity index (χ0v) is 13.5. The summed E-state index contributed by atoms with van der Waals surface area (Å²) in [5, 5.41) is 0. The summed E-state index contributed by atoms with van der Waals surface area (Å²) in [5.41, 5.74) is 0.562. The molecule has 1 aromatic rings. The molecule has 0 aliphatic carbocycles. The lowest BCUT2D eigenvalue weighted by molar-refractivity contribution is 0.371. The molecular weight excluding hydrogens is 303 g/mol. The standard InChI is InChI=1S/C8H11O6PS.C4H10/c1-6-2-3-8(16(12,13)14)7(4-6)5-15(9,10)11;1-3-4-2/h2-4H,5H2,1H3,(H2,9,10,11)(H,12,13,14);3-4H2,1-2H3. The van der Waals surface area contributed by atoms with Crippen LogP contribution < -0.4 is 0 Å². The first-order valence-electron chi connectivity index (χ1n) is 6.12. The largest absolute Gasteiger partial charge is 0.329 e. The zero-order chi connectivity index (χ0) is 16.0. The van der Waals surface area contributed by atoms with Crippen LogP contribution >= 0.6 is 7.60 Å². The monoisotopic (exact) mass is 324 g/mol. The third kappa shape index (κ3) is 7.77. The van der Waals surface area contributed by atoms with Crippen LogP contribution in [0.5, 0.6) is 0 Å². The van der Waals surface area contributed by atoms with Gasteiger partial charge >= 0.3 is 7.60 Å². The summed E-state index contributed by atoms with van der Waals surface area (Å²) in [5.74, 6) is 0. The van der Waals surface area contributed by atoms with E-state index in [1.54, 1.807) is 6.92 Å². The lowest BCUT2D eigenvalue weighted by Crippen LogP contribution is -2.04. The third-order valence-electron chi connectivity index (χ3n) is 2.37. The van der Waals surface area contributed by atoms with E-state index in [1.165, 1.54) is 25.0 Å². The first-order valence-corrected chi connectivity index (χ1v) is 9.36. The van der Waals surface area contributed by atoms with Gasteiger partial charge in [-0.05, 0) is 18.6 Å². The lowest BCUT2D eigenvalue weighted by atomic mass is 10.2. The number of hydrogen-bond acceptors (Lipinski definition) is 3. The fraction of sp³-hybridized carbons (Fsp3) is 0.500. The molecule has 0 unspecified atom stereocenters. The Labute approximate surface area is 119 Å². The third-order valence-corrected chi connectivity index (χ3v) is 4.08. The molecule has 0 aliphatic heterocycles. The summed E-state index contributed by atoms with van der Waals surface area (Å²) in [6.45, 7) is 6.01. The van der Waals surface area contributed by atoms with Crippen molar-refractivity contribution in [2.75, 3.05) is 0 Å². The van der Waals surface area contributed by atoms with Gasteiger partial charge in [0.05, 0.1) is 11.1 Å². The highest BCUT2D eigenvalue weighted by Crippen LogP contribution is 2.40. The van der Waals surface area contributed by atoms with Crippen LogP contribution in [0.3, 0.4) is 0 Å². The van der Waals surface area contributed by atoms with Gasteiger partial charge in [0.15, 0.2) is 0 Å². The summed E-state index contributed by atoms with van der Waals surface area (Å²) in [4.78, 5) is 17.1. The van der Waals surface area contributed by atoms with E-state index >= 15 is 0 Å². The van der Waals surface area contributed by atoms with Gasteiger partial charge in [-0.15, -0.1) is 0 Å². The molecule has 116 valence electrons. The van der Waals surface area contributed by atoms with Crippen molar-refractivity contribution in [2.45, 2.75) is 44.7 Å². The van der Waals surface area contributed by atoms with Gasteiger partial charge in [-0.25, -0.2) is 0 Å². The van der Waals surface area contributed by atoms with Gasteiger partial charge in [-0.1, -0.05) is 44.4 Å². The molecule has 0 bridgehead atoms. The average Bonchev–Trinajstić information content (AvgIpc) is 2.25. The second-order valence-corrected chi connectivity index (χ2v) is 7.44. The Bertz CT molecular complexity index is 574. The minimum absolute atomic E-state index is 0.0872. The van der Waals surface area contributed by atoms with Crippen LogP contribution in [-0.2, 0) is 20.8 Å². The summed E-state index contributed by atoms with van der Waals surface area (Å²) in [6, 6.07) is 3.88. The van der Waals surface area contributed by atoms with E-state index in [4.69, 9.17) is 14.3 Å². The highest BCUT2D eigenvalue weighted by atomic mass is 32.2. The molecule has 1 aromatic carbocycles. The van der Waals surface area contributed by atoms with Gasteiger partial charge in [-0.3, -0.25) is 9.12 Å². The van der Waals surface area contributed by atoms with E-state index in [1.807, 2.05) is 0 Å². The topological polar surface area (TPSA) is 112 Å². The molecule has 6 nitrogen and oxygen atoms in total. The normalized spacial score (nSPS) is 11.7. The maximum atomic E-state index is 11.0. The molecule has 0 heterocycles. The number of rotatable bonds is 4. The number of aryl methyl sites for hydroxylation is 1. The Morgan fingerprint density at radius 1 is 1.15 bits per heavy atom. The SMILES string of the molecule is CCCC.Cc1ccc(S(=O)(=O)O)c(CP(=O)(O)O)c1. The van der Waals surface area contributed by atoms with Crippen molar-refractivity contribution in [1.29, 1.82) is 0 Å². The summed E-state index contributed by atoms with van der Waals surface area (Å²) < 4.78 is 41.6. The predicted molar refractivity (Wildman–Crippen MR) is 77.3 cm³/mol. The molecule has 1 rings (SSSR count). The van der Waals surface area contributed by atoms with Gasteiger partial charge in [0.1, 0.15) is 0 Å². The fourth-order valence-corrected chi connectivity index (χ4v) is 2.82. The van der Waals surface area contributed by atoms with Crippen LogP contribution in [0.15, 0.2) is 23.1 Å². The van der Waals surface area contributed by atoms with Crippen LogP contribution in [0.1, 0.15) is 37.8 Å². The minimum Gasteiger partial charge on any atom is -0.324 e. The second-order valence-electron chi connectivity index (χ2n) is 4.41.